The van der Waals surface area contributed by atoms with E-state index in [1.54, 1.807) is 11.7 Å². The molecule has 4 rings (SSSR count). The molecule has 2 aromatic heterocycles. The van der Waals surface area contributed by atoms with Crippen molar-refractivity contribution in [3.8, 4) is 5.75 Å². The lowest BCUT2D eigenvalue weighted by Crippen LogP contribution is -2.18. The van der Waals surface area contributed by atoms with Gasteiger partial charge in [-0.3, -0.25) is 0 Å². The van der Waals surface area contributed by atoms with Gasteiger partial charge in [0.05, 0.1) is 27.1 Å². The fourth-order valence-electron chi connectivity index (χ4n) is 2.97. The zero-order valence-corrected chi connectivity index (χ0v) is 14.7. The number of hydrogen-bond acceptors (Lipinski definition) is 5. The first-order valence-corrected chi connectivity index (χ1v) is 9.27. The first kappa shape index (κ1) is 15.8. The topological polar surface area (TPSA) is 79.9 Å². The van der Waals surface area contributed by atoms with Gasteiger partial charge in [0.15, 0.2) is 0 Å². The number of benzene rings is 1. The van der Waals surface area contributed by atoms with Gasteiger partial charge in [0.2, 0.25) is 0 Å². The lowest BCUT2D eigenvalue weighted by atomic mass is 9.95. The Morgan fingerprint density at radius 2 is 2.12 bits per heavy atom. The van der Waals surface area contributed by atoms with E-state index < -0.39 is 10.8 Å². The van der Waals surface area contributed by atoms with Crippen molar-refractivity contribution in [2.75, 3.05) is 5.32 Å². The number of hydrogen-bond donors (Lipinski definition) is 2. The second-order valence-corrected chi connectivity index (χ2v) is 7.53. The van der Waals surface area contributed by atoms with Gasteiger partial charge >= 0.3 is 0 Å². The number of nitrogens with zero attached hydrogens (tertiary/aromatic N) is 2. The van der Waals surface area contributed by atoms with Gasteiger partial charge in [0.1, 0.15) is 29.8 Å². The molecule has 6 nitrogen and oxygen atoms in total. The lowest BCUT2D eigenvalue weighted by Gasteiger charge is -2.25. The number of H-pyrrole nitrogens is 1. The zero-order chi connectivity index (χ0) is 17.4. The molecule has 0 bridgehead atoms. The van der Waals surface area contributed by atoms with Crippen LogP contribution in [0.3, 0.4) is 0 Å². The van der Waals surface area contributed by atoms with E-state index in [4.69, 9.17) is 4.74 Å². The third-order valence-electron chi connectivity index (χ3n) is 4.23. The molecular weight excluding hydrogens is 336 g/mol. The number of fused-ring (bicyclic) bond motifs is 2. The Kier molecular flexibility index (Phi) is 4.01. The van der Waals surface area contributed by atoms with Gasteiger partial charge in [-0.2, -0.15) is 0 Å². The predicted octanol–water partition coefficient (Wildman–Crippen LogP) is 3.74. The second kappa shape index (κ2) is 6.33. The number of nitrogens with one attached hydrogen (secondary N) is 2. The van der Waals surface area contributed by atoms with E-state index in [9.17, 15) is 4.21 Å². The Balaban J connectivity index is 1.72. The first-order chi connectivity index (χ1) is 12.1. The summed E-state index contributed by atoms with van der Waals surface area (Å²) in [6.07, 6.45) is 4.86. The second-order valence-electron chi connectivity index (χ2n) is 6.22. The Morgan fingerprint density at radius 3 is 2.96 bits per heavy atom. The minimum Gasteiger partial charge on any atom is -0.463 e. The molecule has 0 aliphatic carbocycles. The molecule has 3 heterocycles. The standard InChI is InChI=1S/C18H18N4O2S/c1-11(2)16(22-18-13-5-6-19-17(13)20-10-21-18)12-3-4-14-15(9-12)25(23)8-7-24-14/h3-11,16H,1-2H3,(H2,19,20,21,22)/t16-,25-/m0/s1. The van der Waals surface area contributed by atoms with Crippen molar-refractivity contribution in [1.82, 2.24) is 15.0 Å². The van der Waals surface area contributed by atoms with Crippen molar-refractivity contribution < 1.29 is 8.95 Å². The van der Waals surface area contributed by atoms with Crippen molar-refractivity contribution in [2.24, 2.45) is 5.92 Å². The van der Waals surface area contributed by atoms with Crippen LogP contribution in [-0.2, 0) is 10.8 Å². The Morgan fingerprint density at radius 1 is 1.24 bits per heavy atom. The normalized spacial score (nSPS) is 17.3. The minimum atomic E-state index is -1.18. The van der Waals surface area contributed by atoms with Crippen LogP contribution in [-0.4, -0.2) is 19.2 Å². The molecule has 1 aromatic carbocycles. The number of aromatic nitrogens is 3. The molecule has 0 saturated carbocycles. The molecule has 3 aromatic rings. The molecule has 25 heavy (non-hydrogen) atoms. The summed E-state index contributed by atoms with van der Waals surface area (Å²) in [7, 11) is -1.18. The summed E-state index contributed by atoms with van der Waals surface area (Å²) >= 11 is 0. The summed E-state index contributed by atoms with van der Waals surface area (Å²) in [5.74, 6) is 1.72. The fraction of sp³-hybridized carbons (Fsp3) is 0.222. The summed E-state index contributed by atoms with van der Waals surface area (Å²) in [6.45, 7) is 4.28. The molecule has 1 aliphatic rings. The van der Waals surface area contributed by atoms with Gasteiger partial charge < -0.3 is 15.0 Å². The Labute approximate surface area is 147 Å². The molecule has 0 fully saturated rings. The smallest absolute Gasteiger partial charge is 0.143 e. The predicted molar refractivity (Wildman–Crippen MR) is 97.7 cm³/mol. The third-order valence-corrected chi connectivity index (χ3v) is 5.34. The Bertz CT molecular complexity index is 980. The summed E-state index contributed by atoms with van der Waals surface area (Å²) in [6, 6.07) is 7.79. The maximum atomic E-state index is 12.2. The summed E-state index contributed by atoms with van der Waals surface area (Å²) in [5, 5.41) is 6.02. The van der Waals surface area contributed by atoms with E-state index in [0.717, 1.165) is 22.4 Å². The molecule has 0 amide bonds. The highest BCUT2D eigenvalue weighted by atomic mass is 32.2. The molecular formula is C18H18N4O2S. The summed E-state index contributed by atoms with van der Waals surface area (Å²) < 4.78 is 17.7. The number of aromatic amines is 1. The van der Waals surface area contributed by atoms with E-state index in [-0.39, 0.29) is 6.04 Å². The van der Waals surface area contributed by atoms with Crippen LogP contribution in [0, 0.1) is 5.92 Å². The number of anilines is 1. The third kappa shape index (κ3) is 2.91. The molecule has 0 radical (unpaired) electrons. The first-order valence-electron chi connectivity index (χ1n) is 8.06. The maximum Gasteiger partial charge on any atom is 0.143 e. The van der Waals surface area contributed by atoms with Crippen LogP contribution in [0.25, 0.3) is 11.0 Å². The van der Waals surface area contributed by atoms with E-state index in [2.05, 4.69) is 34.1 Å². The molecule has 2 atom stereocenters. The van der Waals surface area contributed by atoms with Crippen LogP contribution >= 0.6 is 0 Å². The van der Waals surface area contributed by atoms with Crippen molar-refractivity contribution in [3.05, 3.63) is 54.0 Å². The van der Waals surface area contributed by atoms with Crippen molar-refractivity contribution in [1.29, 1.82) is 0 Å². The van der Waals surface area contributed by atoms with Gasteiger partial charge in [-0.05, 0) is 29.7 Å². The molecule has 0 spiro atoms. The summed E-state index contributed by atoms with van der Waals surface area (Å²) in [4.78, 5) is 12.4. The van der Waals surface area contributed by atoms with E-state index in [1.807, 2.05) is 30.5 Å². The molecule has 0 saturated heterocycles. The van der Waals surface area contributed by atoms with Gasteiger partial charge in [0.25, 0.3) is 0 Å². The quantitative estimate of drug-likeness (QED) is 0.746. The zero-order valence-electron chi connectivity index (χ0n) is 13.9. The van der Waals surface area contributed by atoms with Gasteiger partial charge in [-0.15, -0.1) is 0 Å². The molecule has 0 unspecified atom stereocenters. The molecule has 2 N–H and O–H groups in total. The average Bonchev–Trinajstić information content (AvgIpc) is 3.09. The van der Waals surface area contributed by atoms with Crippen LogP contribution in [0.2, 0.25) is 0 Å². The monoisotopic (exact) mass is 354 g/mol. The molecule has 1 aliphatic heterocycles. The number of rotatable bonds is 4. The Hall–Kier alpha value is -2.67. The van der Waals surface area contributed by atoms with Crippen LogP contribution in [0.1, 0.15) is 25.5 Å². The van der Waals surface area contributed by atoms with E-state index in [1.165, 1.54) is 6.26 Å². The molecule has 7 heteroatoms. The van der Waals surface area contributed by atoms with E-state index >= 15 is 0 Å². The van der Waals surface area contributed by atoms with Crippen molar-refractivity contribution in [3.63, 3.8) is 0 Å². The van der Waals surface area contributed by atoms with Crippen LogP contribution in [0.15, 0.2) is 53.4 Å². The summed E-state index contributed by atoms with van der Waals surface area (Å²) in [5.41, 5.74) is 1.84. The van der Waals surface area contributed by atoms with Crippen LogP contribution in [0.5, 0.6) is 5.75 Å². The highest BCUT2D eigenvalue weighted by Crippen LogP contribution is 2.34. The molecule has 128 valence electrons. The highest BCUT2D eigenvalue weighted by molar-refractivity contribution is 7.88. The number of ether oxygens (including phenoxy) is 1. The lowest BCUT2D eigenvalue weighted by molar-refractivity contribution is 0.463. The van der Waals surface area contributed by atoms with Crippen LogP contribution < -0.4 is 10.1 Å². The fourth-order valence-corrected chi connectivity index (χ4v) is 3.84. The van der Waals surface area contributed by atoms with E-state index in [0.29, 0.717) is 16.6 Å². The van der Waals surface area contributed by atoms with Gasteiger partial charge in [0, 0.05) is 11.6 Å². The van der Waals surface area contributed by atoms with Gasteiger partial charge in [-0.25, -0.2) is 14.2 Å². The average molecular weight is 354 g/mol. The largest absolute Gasteiger partial charge is 0.463 e. The minimum absolute atomic E-state index is 0.0150. The highest BCUT2D eigenvalue weighted by Gasteiger charge is 2.21. The SMILES string of the molecule is CC(C)[C@H](Nc1ncnc2[nH]ccc12)c1ccc2c(c1)[S@@](=O)C=CO2. The van der Waals surface area contributed by atoms with Crippen LogP contribution in [0.4, 0.5) is 5.82 Å². The van der Waals surface area contributed by atoms with Crippen molar-refractivity contribution >= 4 is 27.7 Å². The van der Waals surface area contributed by atoms with Crippen molar-refractivity contribution in [2.45, 2.75) is 24.8 Å². The van der Waals surface area contributed by atoms with Gasteiger partial charge in [-0.1, -0.05) is 19.9 Å². The maximum absolute atomic E-state index is 12.2.